The van der Waals surface area contributed by atoms with Crippen molar-refractivity contribution in [1.82, 2.24) is 15.1 Å². The lowest BCUT2D eigenvalue weighted by atomic mass is 10.2. The van der Waals surface area contributed by atoms with Crippen LogP contribution in [0.4, 0.5) is 0 Å². The highest BCUT2D eigenvalue weighted by Crippen LogP contribution is 2.34. The molecule has 0 aromatic heterocycles. The average molecular weight is 410 g/mol. The molecule has 1 aromatic rings. The van der Waals surface area contributed by atoms with Crippen molar-refractivity contribution < 1.29 is 19.1 Å². The van der Waals surface area contributed by atoms with E-state index in [-0.39, 0.29) is 18.4 Å². The largest absolute Gasteiger partial charge is 0.493 e. The number of rotatable bonds is 8. The van der Waals surface area contributed by atoms with Crippen molar-refractivity contribution >= 4 is 46.2 Å². The van der Waals surface area contributed by atoms with Gasteiger partial charge < -0.3 is 19.7 Å². The number of nitrogens with zero attached hydrogens (tertiary/aromatic N) is 2. The maximum Gasteiger partial charge on any atom is 0.266 e. The van der Waals surface area contributed by atoms with Gasteiger partial charge in [-0.2, -0.15) is 0 Å². The van der Waals surface area contributed by atoms with Crippen LogP contribution in [0.15, 0.2) is 23.1 Å². The molecule has 0 spiro atoms. The predicted molar refractivity (Wildman–Crippen MR) is 111 cm³/mol. The van der Waals surface area contributed by atoms with Crippen LogP contribution in [0.2, 0.25) is 0 Å². The molecule has 1 heterocycles. The first-order valence-corrected chi connectivity index (χ1v) is 9.47. The Labute approximate surface area is 168 Å². The smallest absolute Gasteiger partial charge is 0.266 e. The number of thiocarbonyl (C=S) groups is 1. The number of hydrogen-bond acceptors (Lipinski definition) is 7. The summed E-state index contributed by atoms with van der Waals surface area (Å²) >= 11 is 6.45. The van der Waals surface area contributed by atoms with Crippen molar-refractivity contribution in [3.8, 4) is 11.5 Å². The number of hydrogen-bond donors (Lipinski definition) is 1. The number of amides is 2. The minimum Gasteiger partial charge on any atom is -0.493 e. The van der Waals surface area contributed by atoms with Crippen LogP contribution in [-0.4, -0.2) is 73.9 Å². The Morgan fingerprint density at radius 2 is 2.00 bits per heavy atom. The number of benzene rings is 1. The van der Waals surface area contributed by atoms with E-state index in [1.165, 1.54) is 16.7 Å². The first-order chi connectivity index (χ1) is 12.8. The third-order valence-electron chi connectivity index (χ3n) is 3.76. The van der Waals surface area contributed by atoms with Gasteiger partial charge in [-0.1, -0.05) is 30.0 Å². The van der Waals surface area contributed by atoms with Gasteiger partial charge >= 0.3 is 0 Å². The Kier molecular flexibility index (Phi) is 7.64. The van der Waals surface area contributed by atoms with Gasteiger partial charge in [-0.05, 0) is 37.9 Å². The van der Waals surface area contributed by atoms with E-state index in [1.807, 2.05) is 25.1 Å². The summed E-state index contributed by atoms with van der Waals surface area (Å²) in [5.41, 5.74) is 0.781. The Bertz CT molecular complexity index is 765. The molecule has 0 bridgehead atoms. The van der Waals surface area contributed by atoms with Crippen molar-refractivity contribution in [2.24, 2.45) is 0 Å². The number of carbonyl (C=O) groups excluding carboxylic acids is 2. The minimum absolute atomic E-state index is 0.0820. The number of likely N-dealkylation sites (N-methyl/N-ethyl adjacent to an activating group) is 1. The zero-order chi connectivity index (χ0) is 20.0. The average Bonchev–Trinajstić information content (AvgIpc) is 2.88. The van der Waals surface area contributed by atoms with E-state index < -0.39 is 0 Å². The standard InChI is InChI=1S/C18H23N3O4S2/c1-20(2)8-7-19-16(22)11-21-17(23)15(27-18(21)26)10-12-5-6-13(24-3)14(9-12)25-4/h5-6,9-10H,7-8,11H2,1-4H3,(H,19,22)/b15-10-. The number of methoxy groups -OCH3 is 2. The zero-order valence-corrected chi connectivity index (χ0v) is 17.4. The SMILES string of the molecule is COc1ccc(/C=C2\SC(=S)N(CC(=O)NCCN(C)C)C2=O)cc1OC. The molecular formula is C18H23N3O4S2. The van der Waals surface area contributed by atoms with Crippen molar-refractivity contribution in [1.29, 1.82) is 0 Å². The molecule has 1 aliphatic rings. The fraction of sp³-hybridized carbons (Fsp3) is 0.389. The second kappa shape index (κ2) is 9.72. The van der Waals surface area contributed by atoms with E-state index in [0.717, 1.165) is 12.1 Å². The van der Waals surface area contributed by atoms with Gasteiger partial charge in [0, 0.05) is 13.1 Å². The van der Waals surface area contributed by atoms with Gasteiger partial charge in [0.25, 0.3) is 5.91 Å². The van der Waals surface area contributed by atoms with Gasteiger partial charge in [0.1, 0.15) is 10.9 Å². The van der Waals surface area contributed by atoms with Crippen molar-refractivity contribution in [3.63, 3.8) is 0 Å². The van der Waals surface area contributed by atoms with Crippen LogP contribution in [0.3, 0.4) is 0 Å². The molecule has 2 rings (SSSR count). The summed E-state index contributed by atoms with van der Waals surface area (Å²) in [6, 6.07) is 5.37. The van der Waals surface area contributed by atoms with E-state index in [9.17, 15) is 9.59 Å². The Hall–Kier alpha value is -2.10. The molecule has 0 unspecified atom stereocenters. The highest BCUT2D eigenvalue weighted by atomic mass is 32.2. The fourth-order valence-electron chi connectivity index (χ4n) is 2.35. The Morgan fingerprint density at radius 3 is 2.63 bits per heavy atom. The lowest BCUT2D eigenvalue weighted by Crippen LogP contribution is -2.41. The summed E-state index contributed by atoms with van der Waals surface area (Å²) in [6.45, 7) is 1.16. The maximum absolute atomic E-state index is 12.6. The second-order valence-corrected chi connectivity index (χ2v) is 7.71. The van der Waals surface area contributed by atoms with E-state index in [2.05, 4.69) is 5.32 Å². The van der Waals surface area contributed by atoms with Crippen LogP contribution in [0.1, 0.15) is 5.56 Å². The monoisotopic (exact) mass is 409 g/mol. The minimum atomic E-state index is -0.275. The summed E-state index contributed by atoms with van der Waals surface area (Å²) < 4.78 is 10.9. The maximum atomic E-state index is 12.6. The van der Waals surface area contributed by atoms with E-state index in [4.69, 9.17) is 21.7 Å². The summed E-state index contributed by atoms with van der Waals surface area (Å²) in [5.74, 6) is 0.668. The molecule has 0 saturated carbocycles. The van der Waals surface area contributed by atoms with Crippen LogP contribution in [0.5, 0.6) is 11.5 Å². The van der Waals surface area contributed by atoms with E-state index >= 15 is 0 Å². The molecular weight excluding hydrogens is 386 g/mol. The number of ether oxygens (including phenoxy) is 2. The van der Waals surface area contributed by atoms with Gasteiger partial charge in [-0.25, -0.2) is 0 Å². The van der Waals surface area contributed by atoms with E-state index in [1.54, 1.807) is 32.4 Å². The van der Waals surface area contributed by atoms with Crippen LogP contribution in [0, 0.1) is 0 Å². The van der Waals surface area contributed by atoms with Gasteiger partial charge in [0.05, 0.1) is 19.1 Å². The zero-order valence-electron chi connectivity index (χ0n) is 15.8. The molecule has 1 aliphatic heterocycles. The molecule has 1 N–H and O–H groups in total. The van der Waals surface area contributed by atoms with Gasteiger partial charge in [-0.15, -0.1) is 0 Å². The third-order valence-corrected chi connectivity index (χ3v) is 5.14. The van der Waals surface area contributed by atoms with Crippen molar-refractivity contribution in [2.75, 3.05) is 47.9 Å². The van der Waals surface area contributed by atoms with Gasteiger partial charge in [-0.3, -0.25) is 14.5 Å². The Morgan fingerprint density at radius 1 is 1.30 bits per heavy atom. The summed E-state index contributed by atoms with van der Waals surface area (Å²) in [6.07, 6.45) is 1.73. The van der Waals surface area contributed by atoms with Gasteiger partial charge in [0.2, 0.25) is 5.91 Å². The van der Waals surface area contributed by atoms with Crippen molar-refractivity contribution in [2.45, 2.75) is 0 Å². The van der Waals surface area contributed by atoms with Crippen LogP contribution in [0.25, 0.3) is 6.08 Å². The molecule has 1 aromatic carbocycles. The highest BCUT2D eigenvalue weighted by Gasteiger charge is 2.33. The van der Waals surface area contributed by atoms with Crippen LogP contribution in [-0.2, 0) is 9.59 Å². The van der Waals surface area contributed by atoms with E-state index in [0.29, 0.717) is 27.3 Å². The molecule has 0 radical (unpaired) electrons. The van der Waals surface area contributed by atoms with Gasteiger partial charge in [0.15, 0.2) is 11.5 Å². The molecule has 2 amide bonds. The summed E-state index contributed by atoms with van der Waals surface area (Å²) in [5, 5.41) is 2.78. The first-order valence-electron chi connectivity index (χ1n) is 8.24. The molecule has 27 heavy (non-hydrogen) atoms. The quantitative estimate of drug-likeness (QED) is 0.516. The summed E-state index contributed by atoms with van der Waals surface area (Å²) in [7, 11) is 6.96. The van der Waals surface area contributed by atoms with Crippen LogP contribution < -0.4 is 14.8 Å². The molecule has 0 aliphatic carbocycles. The molecule has 146 valence electrons. The molecule has 1 saturated heterocycles. The van der Waals surface area contributed by atoms with Crippen LogP contribution >= 0.6 is 24.0 Å². The second-order valence-electron chi connectivity index (χ2n) is 6.04. The Balaban J connectivity index is 2.06. The lowest BCUT2D eigenvalue weighted by Gasteiger charge is -2.15. The molecule has 7 nitrogen and oxygen atoms in total. The number of nitrogens with one attached hydrogen (secondary N) is 1. The fourth-order valence-corrected chi connectivity index (χ4v) is 3.60. The van der Waals surface area contributed by atoms with Crippen molar-refractivity contribution in [3.05, 3.63) is 28.7 Å². The highest BCUT2D eigenvalue weighted by molar-refractivity contribution is 8.26. The number of carbonyl (C=O) groups is 2. The third kappa shape index (κ3) is 5.69. The topological polar surface area (TPSA) is 71.1 Å². The number of thioether (sulfide) groups is 1. The molecule has 9 heteroatoms. The first kappa shape index (κ1) is 21.2. The molecule has 0 atom stereocenters. The lowest BCUT2D eigenvalue weighted by molar-refractivity contribution is -0.128. The predicted octanol–water partition coefficient (Wildman–Crippen LogP) is 1.58. The summed E-state index contributed by atoms with van der Waals surface area (Å²) in [4.78, 5) is 28.4. The molecule has 1 fully saturated rings. The normalized spacial score (nSPS) is 15.6.